The third-order valence-corrected chi connectivity index (χ3v) is 5.58. The quantitative estimate of drug-likeness (QED) is 0.673. The Morgan fingerprint density at radius 2 is 2.23 bits per heavy atom. The summed E-state index contributed by atoms with van der Waals surface area (Å²) in [7, 11) is 1.64. The summed E-state index contributed by atoms with van der Waals surface area (Å²) in [6.07, 6.45) is 2.34. The molecule has 0 saturated heterocycles. The van der Waals surface area contributed by atoms with Crippen LogP contribution in [-0.4, -0.2) is 52.1 Å². The van der Waals surface area contributed by atoms with E-state index in [0.29, 0.717) is 41.2 Å². The van der Waals surface area contributed by atoms with Gasteiger partial charge < -0.3 is 24.5 Å². The highest BCUT2D eigenvalue weighted by Gasteiger charge is 2.26. The van der Waals surface area contributed by atoms with Crippen molar-refractivity contribution in [1.82, 2.24) is 14.3 Å². The SMILES string of the molecule is Cc1nc2c(NC3CCOc4cccc(F)c43)cc(C(=O)N(C)CCO)cn2c1C. The van der Waals surface area contributed by atoms with E-state index in [9.17, 15) is 14.3 Å². The third kappa shape index (κ3) is 3.47. The number of hydrogen-bond donors (Lipinski definition) is 2. The van der Waals surface area contributed by atoms with Crippen LogP contribution in [0.3, 0.4) is 0 Å². The van der Waals surface area contributed by atoms with Gasteiger partial charge in [0.25, 0.3) is 5.91 Å². The number of aliphatic hydroxyl groups is 1. The van der Waals surface area contributed by atoms with Crippen LogP contribution in [0.2, 0.25) is 0 Å². The zero-order valence-corrected chi connectivity index (χ0v) is 17.3. The van der Waals surface area contributed by atoms with Gasteiger partial charge in [0.1, 0.15) is 11.6 Å². The molecule has 3 heterocycles. The average Bonchev–Trinajstić information content (AvgIpc) is 3.02. The third-order valence-electron chi connectivity index (χ3n) is 5.58. The van der Waals surface area contributed by atoms with Crippen LogP contribution in [0.1, 0.15) is 39.8 Å². The fourth-order valence-electron chi connectivity index (χ4n) is 3.81. The lowest BCUT2D eigenvalue weighted by Crippen LogP contribution is -2.30. The van der Waals surface area contributed by atoms with Gasteiger partial charge in [-0.3, -0.25) is 4.79 Å². The van der Waals surface area contributed by atoms with Gasteiger partial charge in [0.2, 0.25) is 0 Å². The topological polar surface area (TPSA) is 79.1 Å². The van der Waals surface area contributed by atoms with Crippen LogP contribution in [0.25, 0.3) is 5.65 Å². The number of halogens is 1. The first-order chi connectivity index (χ1) is 14.4. The first-order valence-electron chi connectivity index (χ1n) is 9.94. The van der Waals surface area contributed by atoms with E-state index in [0.717, 1.165) is 11.4 Å². The molecule has 0 bridgehead atoms. The number of pyridine rings is 1. The Bertz CT molecular complexity index is 1110. The van der Waals surface area contributed by atoms with E-state index < -0.39 is 0 Å². The molecule has 1 aliphatic heterocycles. The van der Waals surface area contributed by atoms with Gasteiger partial charge in [-0.2, -0.15) is 0 Å². The molecule has 1 unspecified atom stereocenters. The summed E-state index contributed by atoms with van der Waals surface area (Å²) in [5.41, 5.74) is 4.04. The number of aryl methyl sites for hydroxylation is 2. The van der Waals surface area contributed by atoms with Gasteiger partial charge in [0.15, 0.2) is 5.65 Å². The highest BCUT2D eigenvalue weighted by molar-refractivity contribution is 5.96. The Labute approximate surface area is 174 Å². The number of aliphatic hydroxyl groups excluding tert-OH is 1. The molecule has 8 heteroatoms. The fourth-order valence-corrected chi connectivity index (χ4v) is 3.81. The Morgan fingerprint density at radius 1 is 1.43 bits per heavy atom. The molecule has 30 heavy (non-hydrogen) atoms. The first-order valence-corrected chi connectivity index (χ1v) is 9.94. The molecule has 2 aromatic heterocycles. The second-order valence-corrected chi connectivity index (χ2v) is 7.55. The molecule has 1 atom stereocenters. The number of nitrogens with zero attached hydrogens (tertiary/aromatic N) is 3. The minimum atomic E-state index is -0.327. The van der Waals surface area contributed by atoms with Crippen LogP contribution in [0.15, 0.2) is 30.5 Å². The number of imidazole rings is 1. The number of nitrogens with one attached hydrogen (secondary N) is 1. The van der Waals surface area contributed by atoms with Crippen molar-refractivity contribution >= 4 is 17.2 Å². The molecule has 0 spiro atoms. The highest BCUT2D eigenvalue weighted by Crippen LogP contribution is 2.37. The molecule has 0 saturated carbocycles. The van der Waals surface area contributed by atoms with Gasteiger partial charge >= 0.3 is 0 Å². The Morgan fingerprint density at radius 3 is 3.00 bits per heavy atom. The summed E-state index contributed by atoms with van der Waals surface area (Å²) in [6, 6.07) is 6.25. The highest BCUT2D eigenvalue weighted by atomic mass is 19.1. The minimum absolute atomic E-state index is 0.114. The molecule has 1 aromatic carbocycles. The molecule has 0 radical (unpaired) electrons. The molecular weight excluding hydrogens is 387 g/mol. The van der Waals surface area contributed by atoms with Crippen LogP contribution in [0.4, 0.5) is 10.1 Å². The van der Waals surface area contributed by atoms with E-state index >= 15 is 0 Å². The molecule has 1 aliphatic rings. The molecule has 4 rings (SSSR count). The van der Waals surface area contributed by atoms with Crippen molar-refractivity contribution in [2.45, 2.75) is 26.3 Å². The lowest BCUT2D eigenvalue weighted by molar-refractivity contribution is 0.0766. The van der Waals surface area contributed by atoms with Crippen molar-refractivity contribution in [2.75, 3.05) is 32.1 Å². The first kappa shape index (κ1) is 20.2. The maximum atomic E-state index is 14.6. The maximum Gasteiger partial charge on any atom is 0.255 e. The number of carbonyl (C=O) groups is 1. The number of carbonyl (C=O) groups excluding carboxylic acids is 1. The molecule has 1 amide bonds. The van der Waals surface area contributed by atoms with E-state index in [1.54, 1.807) is 31.4 Å². The second-order valence-electron chi connectivity index (χ2n) is 7.55. The number of fused-ring (bicyclic) bond motifs is 2. The smallest absolute Gasteiger partial charge is 0.255 e. The lowest BCUT2D eigenvalue weighted by atomic mass is 9.99. The molecule has 7 nitrogen and oxygen atoms in total. The van der Waals surface area contributed by atoms with Crippen molar-refractivity contribution in [3.63, 3.8) is 0 Å². The van der Waals surface area contributed by atoms with Gasteiger partial charge in [-0.05, 0) is 32.0 Å². The molecule has 3 aromatic rings. The minimum Gasteiger partial charge on any atom is -0.493 e. The monoisotopic (exact) mass is 412 g/mol. The number of ether oxygens (including phenoxy) is 1. The van der Waals surface area contributed by atoms with Gasteiger partial charge in [-0.25, -0.2) is 9.37 Å². The van der Waals surface area contributed by atoms with Crippen molar-refractivity contribution in [2.24, 2.45) is 0 Å². The molecular formula is C22H25FN4O3. The zero-order valence-electron chi connectivity index (χ0n) is 17.3. The van der Waals surface area contributed by atoms with Crippen LogP contribution >= 0.6 is 0 Å². The van der Waals surface area contributed by atoms with E-state index in [2.05, 4.69) is 10.3 Å². The van der Waals surface area contributed by atoms with Crippen LogP contribution < -0.4 is 10.1 Å². The van der Waals surface area contributed by atoms with E-state index in [1.165, 1.54) is 11.0 Å². The van der Waals surface area contributed by atoms with Gasteiger partial charge in [-0.1, -0.05) is 6.07 Å². The van der Waals surface area contributed by atoms with Crippen molar-refractivity contribution in [3.8, 4) is 5.75 Å². The van der Waals surface area contributed by atoms with Crippen LogP contribution in [-0.2, 0) is 0 Å². The Kier molecular flexibility index (Phi) is 5.34. The number of anilines is 1. The van der Waals surface area contributed by atoms with Crippen molar-refractivity contribution < 1.29 is 19.0 Å². The number of hydrogen-bond acceptors (Lipinski definition) is 5. The van der Waals surface area contributed by atoms with Gasteiger partial charge in [0.05, 0.1) is 41.8 Å². The maximum absolute atomic E-state index is 14.6. The summed E-state index contributed by atoms with van der Waals surface area (Å²) < 4.78 is 22.1. The predicted molar refractivity (Wildman–Crippen MR) is 112 cm³/mol. The lowest BCUT2D eigenvalue weighted by Gasteiger charge is -2.28. The molecule has 0 aliphatic carbocycles. The average molecular weight is 412 g/mol. The number of likely N-dealkylation sites (N-methyl/N-ethyl adjacent to an activating group) is 1. The molecule has 0 fully saturated rings. The Balaban J connectivity index is 1.79. The standard InChI is InChI=1S/C22H25FN4O3/c1-13-14(2)27-12-15(22(29)26(3)8-9-28)11-18(21(27)24-13)25-17-7-10-30-19-6-4-5-16(23)20(17)19/h4-6,11-12,17,25,28H,7-10H2,1-3H3. The van der Waals surface area contributed by atoms with Gasteiger partial charge in [-0.15, -0.1) is 0 Å². The summed E-state index contributed by atoms with van der Waals surface area (Å²) in [5.74, 6) is -0.00923. The number of aromatic nitrogens is 2. The summed E-state index contributed by atoms with van der Waals surface area (Å²) in [6.45, 7) is 4.44. The second kappa shape index (κ2) is 7.95. The zero-order chi connectivity index (χ0) is 21.4. The fraction of sp³-hybridized carbons (Fsp3) is 0.364. The number of benzene rings is 1. The van der Waals surface area contributed by atoms with E-state index in [1.807, 2.05) is 18.2 Å². The Hall–Kier alpha value is -3.13. The van der Waals surface area contributed by atoms with Gasteiger partial charge in [0, 0.05) is 31.9 Å². The number of amides is 1. The summed E-state index contributed by atoms with van der Waals surface area (Å²) in [5, 5.41) is 12.6. The summed E-state index contributed by atoms with van der Waals surface area (Å²) >= 11 is 0. The van der Waals surface area contributed by atoms with E-state index in [4.69, 9.17) is 4.74 Å². The summed E-state index contributed by atoms with van der Waals surface area (Å²) in [4.78, 5) is 19.0. The number of rotatable bonds is 5. The van der Waals surface area contributed by atoms with E-state index in [-0.39, 0.29) is 30.9 Å². The van der Waals surface area contributed by atoms with Crippen molar-refractivity contribution in [3.05, 3.63) is 58.8 Å². The normalized spacial score (nSPS) is 15.6. The predicted octanol–water partition coefficient (Wildman–Crippen LogP) is 3.09. The largest absolute Gasteiger partial charge is 0.493 e. The van der Waals surface area contributed by atoms with Crippen LogP contribution in [0, 0.1) is 19.7 Å². The molecule has 2 N–H and O–H groups in total. The van der Waals surface area contributed by atoms with Crippen LogP contribution in [0.5, 0.6) is 5.75 Å². The molecule has 158 valence electrons. The van der Waals surface area contributed by atoms with Crippen molar-refractivity contribution in [1.29, 1.82) is 0 Å².